The van der Waals surface area contributed by atoms with Gasteiger partial charge in [0.15, 0.2) is 0 Å². The molecule has 0 radical (unpaired) electrons. The molecule has 17 heavy (non-hydrogen) atoms. The van der Waals surface area contributed by atoms with Crippen LogP contribution in [0, 0.1) is 5.92 Å². The van der Waals surface area contributed by atoms with Crippen molar-refractivity contribution >= 4 is 12.1 Å². The van der Waals surface area contributed by atoms with Crippen molar-refractivity contribution in [3.63, 3.8) is 0 Å². The van der Waals surface area contributed by atoms with Crippen molar-refractivity contribution in [2.45, 2.75) is 37.8 Å². The van der Waals surface area contributed by atoms with Crippen LogP contribution in [-0.4, -0.2) is 40.8 Å². The lowest BCUT2D eigenvalue weighted by Crippen LogP contribution is -2.48. The second-order valence-corrected chi connectivity index (χ2v) is 4.66. The van der Waals surface area contributed by atoms with E-state index in [2.05, 4.69) is 6.58 Å². The molecule has 2 saturated heterocycles. The molecule has 0 saturated carbocycles. The van der Waals surface area contributed by atoms with Gasteiger partial charge in [-0.25, -0.2) is 4.79 Å². The Balaban J connectivity index is 2.00. The van der Waals surface area contributed by atoms with E-state index in [0.717, 1.165) is 12.8 Å². The monoisotopic (exact) mass is 239 g/mol. The van der Waals surface area contributed by atoms with Gasteiger partial charge in [0.2, 0.25) is 0 Å². The number of amides is 1. The number of carbonyl (C=O) groups is 2. The maximum atomic E-state index is 11.8. The van der Waals surface area contributed by atoms with Crippen LogP contribution in [0.4, 0.5) is 4.79 Å². The summed E-state index contributed by atoms with van der Waals surface area (Å²) in [4.78, 5) is 24.5. The van der Waals surface area contributed by atoms with Gasteiger partial charge < -0.3 is 14.7 Å². The van der Waals surface area contributed by atoms with Crippen LogP contribution in [0.5, 0.6) is 0 Å². The summed E-state index contributed by atoms with van der Waals surface area (Å²) in [5, 5.41) is 9.02. The average Bonchev–Trinajstić information content (AvgIpc) is 2.56. The van der Waals surface area contributed by atoms with Crippen LogP contribution in [0.2, 0.25) is 0 Å². The first kappa shape index (κ1) is 12.0. The Kier molecular flexibility index (Phi) is 3.36. The fourth-order valence-corrected chi connectivity index (χ4v) is 2.88. The van der Waals surface area contributed by atoms with Crippen molar-refractivity contribution < 1.29 is 19.4 Å². The molecule has 2 unspecified atom stereocenters. The van der Waals surface area contributed by atoms with Gasteiger partial charge in [0.1, 0.15) is 6.61 Å². The second kappa shape index (κ2) is 4.77. The van der Waals surface area contributed by atoms with Crippen LogP contribution in [0.15, 0.2) is 12.7 Å². The van der Waals surface area contributed by atoms with Gasteiger partial charge in [-0.15, -0.1) is 0 Å². The zero-order valence-corrected chi connectivity index (χ0v) is 9.67. The second-order valence-electron chi connectivity index (χ2n) is 4.66. The number of aliphatic carboxylic acids is 1. The topological polar surface area (TPSA) is 66.8 Å². The van der Waals surface area contributed by atoms with Crippen LogP contribution < -0.4 is 0 Å². The third kappa shape index (κ3) is 2.28. The number of ether oxygens (including phenoxy) is 1. The maximum Gasteiger partial charge on any atom is 0.410 e. The SMILES string of the molecule is C=CCOC(=O)N1C2CCC1CC(C(=O)O)C2. The predicted octanol–water partition coefficient (Wildman–Crippen LogP) is 1.64. The van der Waals surface area contributed by atoms with Crippen LogP contribution in [0.1, 0.15) is 25.7 Å². The molecule has 1 amide bonds. The lowest BCUT2D eigenvalue weighted by Gasteiger charge is -2.36. The molecule has 2 aliphatic rings. The van der Waals surface area contributed by atoms with E-state index < -0.39 is 5.97 Å². The quantitative estimate of drug-likeness (QED) is 0.760. The van der Waals surface area contributed by atoms with Crippen LogP contribution in [0.25, 0.3) is 0 Å². The van der Waals surface area contributed by atoms with E-state index in [-0.39, 0.29) is 30.7 Å². The van der Waals surface area contributed by atoms with E-state index in [1.165, 1.54) is 6.08 Å². The van der Waals surface area contributed by atoms with E-state index in [0.29, 0.717) is 12.8 Å². The number of fused-ring (bicyclic) bond motifs is 2. The Bertz CT molecular complexity index is 327. The van der Waals surface area contributed by atoms with Crippen molar-refractivity contribution in [2.24, 2.45) is 5.92 Å². The summed E-state index contributed by atoms with van der Waals surface area (Å²) in [6.07, 6.45) is 4.07. The van der Waals surface area contributed by atoms with Crippen molar-refractivity contribution in [2.75, 3.05) is 6.61 Å². The fraction of sp³-hybridized carbons (Fsp3) is 0.667. The zero-order valence-electron chi connectivity index (χ0n) is 9.67. The molecular weight excluding hydrogens is 222 g/mol. The molecule has 2 aliphatic heterocycles. The van der Waals surface area contributed by atoms with Gasteiger partial charge in [-0.05, 0) is 25.7 Å². The molecule has 5 heteroatoms. The minimum atomic E-state index is -0.749. The molecule has 2 atom stereocenters. The van der Waals surface area contributed by atoms with E-state index in [9.17, 15) is 9.59 Å². The molecule has 2 rings (SSSR count). The van der Waals surface area contributed by atoms with E-state index >= 15 is 0 Å². The third-order valence-electron chi connectivity index (χ3n) is 3.62. The Morgan fingerprint density at radius 3 is 2.41 bits per heavy atom. The molecule has 2 fully saturated rings. The minimum Gasteiger partial charge on any atom is -0.481 e. The first-order valence-electron chi connectivity index (χ1n) is 5.92. The largest absolute Gasteiger partial charge is 0.481 e. The number of carbonyl (C=O) groups excluding carboxylic acids is 1. The van der Waals surface area contributed by atoms with E-state index in [4.69, 9.17) is 9.84 Å². The van der Waals surface area contributed by atoms with Crippen molar-refractivity contribution in [1.29, 1.82) is 0 Å². The maximum absolute atomic E-state index is 11.8. The Morgan fingerprint density at radius 2 is 1.94 bits per heavy atom. The third-order valence-corrected chi connectivity index (χ3v) is 3.62. The van der Waals surface area contributed by atoms with Crippen LogP contribution in [-0.2, 0) is 9.53 Å². The number of hydrogen-bond donors (Lipinski definition) is 1. The first-order valence-corrected chi connectivity index (χ1v) is 5.92. The number of carboxylic acid groups (broad SMARTS) is 1. The van der Waals surface area contributed by atoms with Crippen molar-refractivity contribution in [1.82, 2.24) is 4.90 Å². The number of rotatable bonds is 3. The minimum absolute atomic E-state index is 0.0344. The number of nitrogens with zero attached hydrogens (tertiary/aromatic N) is 1. The molecule has 0 aromatic heterocycles. The average molecular weight is 239 g/mol. The van der Waals surface area contributed by atoms with E-state index in [1.807, 2.05) is 0 Å². The highest BCUT2D eigenvalue weighted by Crippen LogP contribution is 2.39. The van der Waals surface area contributed by atoms with Gasteiger partial charge >= 0.3 is 12.1 Å². The Labute approximate surface area is 100 Å². The summed E-state index contributed by atoms with van der Waals surface area (Å²) in [7, 11) is 0. The molecule has 1 N–H and O–H groups in total. The Morgan fingerprint density at radius 1 is 1.35 bits per heavy atom. The highest BCUT2D eigenvalue weighted by atomic mass is 16.6. The number of hydrogen-bond acceptors (Lipinski definition) is 3. The summed E-state index contributed by atoms with van der Waals surface area (Å²) >= 11 is 0. The molecule has 94 valence electrons. The van der Waals surface area contributed by atoms with Gasteiger partial charge in [0.25, 0.3) is 0 Å². The highest BCUT2D eigenvalue weighted by Gasteiger charge is 2.45. The fourth-order valence-electron chi connectivity index (χ4n) is 2.88. The molecule has 0 aromatic rings. The Hall–Kier alpha value is -1.52. The molecule has 0 spiro atoms. The van der Waals surface area contributed by atoms with Crippen molar-refractivity contribution in [3.8, 4) is 0 Å². The smallest absolute Gasteiger partial charge is 0.410 e. The van der Waals surface area contributed by atoms with Gasteiger partial charge in [0.05, 0.1) is 5.92 Å². The molecular formula is C12H17NO4. The predicted molar refractivity (Wildman–Crippen MR) is 60.6 cm³/mol. The lowest BCUT2D eigenvalue weighted by atomic mass is 9.91. The normalized spacial score (nSPS) is 31.1. The van der Waals surface area contributed by atoms with Gasteiger partial charge in [-0.3, -0.25) is 4.79 Å². The number of piperidine rings is 1. The van der Waals surface area contributed by atoms with Gasteiger partial charge in [0, 0.05) is 12.1 Å². The summed E-state index contributed by atoms with van der Waals surface area (Å²) in [6.45, 7) is 3.70. The molecule has 2 bridgehead atoms. The van der Waals surface area contributed by atoms with Gasteiger partial charge in [-0.2, -0.15) is 0 Å². The van der Waals surface area contributed by atoms with Crippen molar-refractivity contribution in [3.05, 3.63) is 12.7 Å². The zero-order chi connectivity index (χ0) is 12.4. The number of carboxylic acids is 1. The molecule has 5 nitrogen and oxygen atoms in total. The molecule has 0 aromatic carbocycles. The summed E-state index contributed by atoms with van der Waals surface area (Å²) < 4.78 is 5.03. The highest BCUT2D eigenvalue weighted by molar-refractivity contribution is 5.73. The lowest BCUT2D eigenvalue weighted by molar-refractivity contribution is -0.144. The molecule has 2 heterocycles. The standard InChI is InChI=1S/C12H17NO4/c1-2-5-17-12(16)13-9-3-4-10(13)7-8(6-9)11(14)15/h2,8-10H,1,3-7H2,(H,14,15). The van der Waals surface area contributed by atoms with Crippen LogP contribution >= 0.6 is 0 Å². The van der Waals surface area contributed by atoms with Crippen LogP contribution in [0.3, 0.4) is 0 Å². The molecule has 0 aliphatic carbocycles. The summed E-state index contributed by atoms with van der Waals surface area (Å²) in [6, 6.07) is 0.0688. The van der Waals surface area contributed by atoms with E-state index in [1.54, 1.807) is 4.90 Å². The first-order chi connectivity index (χ1) is 8.13. The summed E-state index contributed by atoms with van der Waals surface area (Å²) in [5.74, 6) is -1.06. The van der Waals surface area contributed by atoms with Gasteiger partial charge in [-0.1, -0.05) is 12.7 Å². The summed E-state index contributed by atoms with van der Waals surface area (Å²) in [5.41, 5.74) is 0.